The van der Waals surface area contributed by atoms with Gasteiger partial charge in [-0.05, 0) is 32.1 Å². The summed E-state index contributed by atoms with van der Waals surface area (Å²) in [5.74, 6) is 1.38. The summed E-state index contributed by atoms with van der Waals surface area (Å²) in [6, 6.07) is 5.43. The predicted molar refractivity (Wildman–Crippen MR) is 63.0 cm³/mol. The lowest BCUT2D eigenvalue weighted by atomic mass is 10.1. The number of benzene rings is 1. The maximum Gasteiger partial charge on any atom is 0.128 e. The first-order chi connectivity index (χ1) is 7.72. The van der Waals surface area contributed by atoms with E-state index in [1.807, 2.05) is 19.2 Å². The minimum Gasteiger partial charge on any atom is -0.497 e. The smallest absolute Gasteiger partial charge is 0.128 e. The zero-order valence-corrected chi connectivity index (χ0v) is 9.99. The fraction of sp³-hybridized carbons (Fsp3) is 0.500. The van der Waals surface area contributed by atoms with Crippen molar-refractivity contribution in [1.82, 2.24) is 5.32 Å². The first kappa shape index (κ1) is 12.8. The Labute approximate surface area is 96.2 Å². The van der Waals surface area contributed by atoms with Crippen LogP contribution in [-0.4, -0.2) is 32.9 Å². The molecule has 1 rings (SSSR count). The number of ether oxygens (including phenoxy) is 2. The third kappa shape index (κ3) is 3.12. The van der Waals surface area contributed by atoms with Gasteiger partial charge in [-0.2, -0.15) is 0 Å². The molecule has 0 amide bonds. The summed E-state index contributed by atoms with van der Waals surface area (Å²) < 4.78 is 10.3. The minimum atomic E-state index is -0.520. The standard InChI is InChI=1S/C12H19NO3/c1-13-7-6-11(14)10-5-4-9(15-2)8-12(10)16-3/h4-5,8,11,13-14H,6-7H2,1-3H3. The monoisotopic (exact) mass is 225 g/mol. The highest BCUT2D eigenvalue weighted by Gasteiger charge is 2.13. The maximum atomic E-state index is 9.97. The third-order valence-electron chi connectivity index (χ3n) is 2.47. The quantitative estimate of drug-likeness (QED) is 0.767. The summed E-state index contributed by atoms with van der Waals surface area (Å²) in [5, 5.41) is 13.0. The van der Waals surface area contributed by atoms with Crippen molar-refractivity contribution in [2.24, 2.45) is 0 Å². The topological polar surface area (TPSA) is 50.7 Å². The molecule has 0 saturated heterocycles. The second kappa shape index (κ2) is 6.35. The molecule has 0 aliphatic carbocycles. The SMILES string of the molecule is CNCCC(O)c1ccc(OC)cc1OC. The molecule has 0 aliphatic rings. The van der Waals surface area contributed by atoms with E-state index < -0.39 is 6.10 Å². The van der Waals surface area contributed by atoms with Crippen molar-refractivity contribution in [3.05, 3.63) is 23.8 Å². The number of hydrogen-bond acceptors (Lipinski definition) is 4. The third-order valence-corrected chi connectivity index (χ3v) is 2.47. The van der Waals surface area contributed by atoms with Gasteiger partial charge in [0.15, 0.2) is 0 Å². The molecule has 2 N–H and O–H groups in total. The molecule has 4 heteroatoms. The zero-order valence-electron chi connectivity index (χ0n) is 9.99. The molecule has 1 aromatic carbocycles. The summed E-state index contributed by atoms with van der Waals surface area (Å²) in [4.78, 5) is 0. The van der Waals surface area contributed by atoms with Crippen LogP contribution >= 0.6 is 0 Å². The van der Waals surface area contributed by atoms with Gasteiger partial charge in [-0.3, -0.25) is 0 Å². The fourth-order valence-corrected chi connectivity index (χ4v) is 1.53. The molecule has 4 nitrogen and oxygen atoms in total. The van der Waals surface area contributed by atoms with Gasteiger partial charge in [0, 0.05) is 11.6 Å². The van der Waals surface area contributed by atoms with Crippen LogP contribution in [0.1, 0.15) is 18.1 Å². The summed E-state index contributed by atoms with van der Waals surface area (Å²) in [7, 11) is 5.05. The van der Waals surface area contributed by atoms with Gasteiger partial charge in [0.05, 0.1) is 20.3 Å². The van der Waals surface area contributed by atoms with Gasteiger partial charge >= 0.3 is 0 Å². The van der Waals surface area contributed by atoms with Crippen molar-refractivity contribution in [2.75, 3.05) is 27.8 Å². The molecule has 16 heavy (non-hydrogen) atoms. The maximum absolute atomic E-state index is 9.97. The molecule has 1 aromatic rings. The van der Waals surface area contributed by atoms with Gasteiger partial charge in [0.2, 0.25) is 0 Å². The molecule has 0 spiro atoms. The van der Waals surface area contributed by atoms with E-state index in [0.29, 0.717) is 12.2 Å². The molecule has 0 aliphatic heterocycles. The molecule has 0 radical (unpaired) electrons. The van der Waals surface area contributed by atoms with Crippen LogP contribution in [0.2, 0.25) is 0 Å². The summed E-state index contributed by atoms with van der Waals surface area (Å²) >= 11 is 0. The molecular weight excluding hydrogens is 206 g/mol. The average molecular weight is 225 g/mol. The van der Waals surface area contributed by atoms with Gasteiger partial charge in [-0.25, -0.2) is 0 Å². The van der Waals surface area contributed by atoms with Gasteiger partial charge in [-0.1, -0.05) is 0 Å². The minimum absolute atomic E-state index is 0.520. The van der Waals surface area contributed by atoms with Crippen LogP contribution in [0.15, 0.2) is 18.2 Å². The van der Waals surface area contributed by atoms with E-state index in [4.69, 9.17) is 9.47 Å². The number of aliphatic hydroxyl groups is 1. The Hall–Kier alpha value is -1.26. The highest BCUT2D eigenvalue weighted by molar-refractivity contribution is 5.41. The van der Waals surface area contributed by atoms with Crippen molar-refractivity contribution in [3.63, 3.8) is 0 Å². The van der Waals surface area contributed by atoms with E-state index in [0.717, 1.165) is 17.9 Å². The lowest BCUT2D eigenvalue weighted by molar-refractivity contribution is 0.163. The highest BCUT2D eigenvalue weighted by Crippen LogP contribution is 2.30. The number of aliphatic hydroxyl groups excluding tert-OH is 1. The Bertz CT molecular complexity index is 328. The normalized spacial score (nSPS) is 12.2. The summed E-state index contributed by atoms with van der Waals surface area (Å²) in [5.41, 5.74) is 0.790. The van der Waals surface area contributed by atoms with Crippen LogP contribution in [0.3, 0.4) is 0 Å². The Balaban J connectivity index is 2.85. The predicted octanol–water partition coefficient (Wildman–Crippen LogP) is 1.35. The van der Waals surface area contributed by atoms with E-state index in [1.165, 1.54) is 0 Å². The first-order valence-corrected chi connectivity index (χ1v) is 5.27. The Morgan fingerprint density at radius 2 is 2.06 bits per heavy atom. The molecule has 0 aromatic heterocycles. The molecule has 1 atom stereocenters. The van der Waals surface area contributed by atoms with E-state index in [9.17, 15) is 5.11 Å². The Morgan fingerprint density at radius 1 is 1.31 bits per heavy atom. The molecule has 0 fully saturated rings. The lowest BCUT2D eigenvalue weighted by Crippen LogP contribution is -2.12. The molecule has 0 bridgehead atoms. The summed E-state index contributed by atoms with van der Waals surface area (Å²) in [6.45, 7) is 0.760. The van der Waals surface area contributed by atoms with Crippen LogP contribution in [0.4, 0.5) is 0 Å². The largest absolute Gasteiger partial charge is 0.497 e. The number of nitrogens with one attached hydrogen (secondary N) is 1. The van der Waals surface area contributed by atoms with E-state index in [-0.39, 0.29) is 0 Å². The van der Waals surface area contributed by atoms with Crippen molar-refractivity contribution >= 4 is 0 Å². The van der Waals surface area contributed by atoms with E-state index in [1.54, 1.807) is 20.3 Å². The Morgan fingerprint density at radius 3 is 2.62 bits per heavy atom. The van der Waals surface area contributed by atoms with Crippen LogP contribution in [-0.2, 0) is 0 Å². The second-order valence-electron chi connectivity index (χ2n) is 3.52. The van der Waals surface area contributed by atoms with Gasteiger partial charge in [0.1, 0.15) is 11.5 Å². The number of methoxy groups -OCH3 is 2. The highest BCUT2D eigenvalue weighted by atomic mass is 16.5. The summed E-state index contributed by atoms with van der Waals surface area (Å²) in [6.07, 6.45) is 0.132. The van der Waals surface area contributed by atoms with Gasteiger partial charge < -0.3 is 19.9 Å². The second-order valence-corrected chi connectivity index (χ2v) is 3.52. The number of rotatable bonds is 6. The number of hydrogen-bond donors (Lipinski definition) is 2. The van der Waals surface area contributed by atoms with Crippen LogP contribution in [0.5, 0.6) is 11.5 Å². The fourth-order valence-electron chi connectivity index (χ4n) is 1.53. The van der Waals surface area contributed by atoms with Gasteiger partial charge in [-0.15, -0.1) is 0 Å². The molecular formula is C12H19NO3. The molecule has 0 heterocycles. The molecule has 1 unspecified atom stereocenters. The van der Waals surface area contributed by atoms with Crippen molar-refractivity contribution in [2.45, 2.75) is 12.5 Å². The lowest BCUT2D eigenvalue weighted by Gasteiger charge is -2.15. The first-order valence-electron chi connectivity index (χ1n) is 5.27. The van der Waals surface area contributed by atoms with E-state index in [2.05, 4.69) is 5.32 Å². The average Bonchev–Trinajstić information content (AvgIpc) is 2.34. The van der Waals surface area contributed by atoms with Crippen LogP contribution < -0.4 is 14.8 Å². The zero-order chi connectivity index (χ0) is 12.0. The molecule has 90 valence electrons. The molecule has 0 saturated carbocycles. The van der Waals surface area contributed by atoms with Crippen molar-refractivity contribution < 1.29 is 14.6 Å². The van der Waals surface area contributed by atoms with Crippen LogP contribution in [0.25, 0.3) is 0 Å². The van der Waals surface area contributed by atoms with E-state index >= 15 is 0 Å². The van der Waals surface area contributed by atoms with Crippen molar-refractivity contribution in [3.8, 4) is 11.5 Å². The van der Waals surface area contributed by atoms with Crippen LogP contribution in [0, 0.1) is 0 Å². The van der Waals surface area contributed by atoms with Crippen molar-refractivity contribution in [1.29, 1.82) is 0 Å². The Kier molecular flexibility index (Phi) is 5.08. The van der Waals surface area contributed by atoms with Gasteiger partial charge in [0.25, 0.3) is 0 Å².